The van der Waals surface area contributed by atoms with Crippen LogP contribution in [0.2, 0.25) is 0 Å². The summed E-state index contributed by atoms with van der Waals surface area (Å²) in [6, 6.07) is 13.1. The SMILES string of the molecule is CCNCc1cc(C)ccc1Sc1cccc(F)c1. The Morgan fingerprint density at radius 1 is 1.16 bits per heavy atom. The molecule has 2 rings (SSSR count). The van der Waals surface area contributed by atoms with Crippen molar-refractivity contribution in [2.75, 3.05) is 6.54 Å². The molecule has 0 amide bonds. The quantitative estimate of drug-likeness (QED) is 0.868. The van der Waals surface area contributed by atoms with Gasteiger partial charge in [0.05, 0.1) is 0 Å². The third-order valence-corrected chi connectivity index (χ3v) is 3.91. The van der Waals surface area contributed by atoms with E-state index in [0.717, 1.165) is 18.0 Å². The van der Waals surface area contributed by atoms with Crippen LogP contribution >= 0.6 is 11.8 Å². The zero-order valence-corrected chi connectivity index (χ0v) is 12.1. The number of aryl methyl sites for hydroxylation is 1. The van der Waals surface area contributed by atoms with Gasteiger partial charge in [0.25, 0.3) is 0 Å². The smallest absolute Gasteiger partial charge is 0.124 e. The Morgan fingerprint density at radius 2 is 2.00 bits per heavy atom. The van der Waals surface area contributed by atoms with E-state index in [0.29, 0.717) is 0 Å². The Hall–Kier alpha value is -1.32. The fraction of sp³-hybridized carbons (Fsp3) is 0.250. The Bertz CT molecular complexity index is 554. The number of benzene rings is 2. The van der Waals surface area contributed by atoms with Gasteiger partial charge in [-0.05, 0) is 43.3 Å². The van der Waals surface area contributed by atoms with E-state index in [1.54, 1.807) is 23.9 Å². The summed E-state index contributed by atoms with van der Waals surface area (Å²) in [4.78, 5) is 2.11. The highest BCUT2D eigenvalue weighted by Gasteiger charge is 2.05. The van der Waals surface area contributed by atoms with Crippen molar-refractivity contribution in [1.82, 2.24) is 5.32 Å². The number of hydrogen-bond acceptors (Lipinski definition) is 2. The van der Waals surface area contributed by atoms with Crippen LogP contribution in [0.1, 0.15) is 18.1 Å². The minimum absolute atomic E-state index is 0.189. The molecule has 0 saturated carbocycles. The largest absolute Gasteiger partial charge is 0.313 e. The van der Waals surface area contributed by atoms with E-state index in [2.05, 4.69) is 37.4 Å². The zero-order valence-electron chi connectivity index (χ0n) is 11.2. The summed E-state index contributed by atoms with van der Waals surface area (Å²) in [6.45, 7) is 5.97. The molecular weight excluding hydrogens is 257 g/mol. The monoisotopic (exact) mass is 275 g/mol. The van der Waals surface area contributed by atoms with Crippen molar-refractivity contribution in [3.8, 4) is 0 Å². The maximum Gasteiger partial charge on any atom is 0.124 e. The highest BCUT2D eigenvalue weighted by Crippen LogP contribution is 2.31. The maximum atomic E-state index is 13.2. The molecular formula is C16H18FNS. The lowest BCUT2D eigenvalue weighted by Gasteiger charge is -2.11. The van der Waals surface area contributed by atoms with Crippen LogP contribution in [0.25, 0.3) is 0 Å². The lowest BCUT2D eigenvalue weighted by Crippen LogP contribution is -2.12. The van der Waals surface area contributed by atoms with Gasteiger partial charge in [-0.15, -0.1) is 0 Å². The second kappa shape index (κ2) is 6.73. The predicted molar refractivity (Wildman–Crippen MR) is 79.1 cm³/mol. The molecule has 0 unspecified atom stereocenters. The third kappa shape index (κ3) is 4.08. The predicted octanol–water partition coefficient (Wildman–Crippen LogP) is 4.39. The average Bonchev–Trinajstić information content (AvgIpc) is 2.39. The molecule has 1 N–H and O–H groups in total. The van der Waals surface area contributed by atoms with Crippen LogP contribution in [0.3, 0.4) is 0 Å². The summed E-state index contributed by atoms with van der Waals surface area (Å²) >= 11 is 1.61. The molecule has 0 radical (unpaired) electrons. The molecule has 0 aliphatic rings. The van der Waals surface area contributed by atoms with Crippen LogP contribution in [0, 0.1) is 12.7 Å². The minimum atomic E-state index is -0.189. The van der Waals surface area contributed by atoms with Crippen molar-refractivity contribution in [3.05, 3.63) is 59.4 Å². The van der Waals surface area contributed by atoms with Gasteiger partial charge in [0.1, 0.15) is 5.82 Å². The standard InChI is InChI=1S/C16H18FNS/c1-3-18-11-13-9-12(2)7-8-16(13)19-15-6-4-5-14(17)10-15/h4-10,18H,3,11H2,1-2H3. The Balaban J connectivity index is 2.23. The topological polar surface area (TPSA) is 12.0 Å². The van der Waals surface area contributed by atoms with Crippen LogP contribution in [-0.4, -0.2) is 6.54 Å². The first-order chi connectivity index (χ1) is 9.19. The lowest BCUT2D eigenvalue weighted by atomic mass is 10.1. The van der Waals surface area contributed by atoms with Gasteiger partial charge < -0.3 is 5.32 Å². The fourth-order valence-corrected chi connectivity index (χ4v) is 2.83. The summed E-state index contributed by atoms with van der Waals surface area (Å²) in [5.41, 5.74) is 2.51. The molecule has 0 heterocycles. The van der Waals surface area contributed by atoms with E-state index in [1.165, 1.54) is 22.1 Å². The van der Waals surface area contributed by atoms with Gasteiger partial charge in [0.2, 0.25) is 0 Å². The molecule has 3 heteroatoms. The van der Waals surface area contributed by atoms with E-state index in [-0.39, 0.29) is 5.82 Å². The van der Waals surface area contributed by atoms with Gasteiger partial charge in [-0.25, -0.2) is 4.39 Å². The normalized spacial score (nSPS) is 10.7. The van der Waals surface area contributed by atoms with Crippen molar-refractivity contribution in [2.24, 2.45) is 0 Å². The third-order valence-electron chi connectivity index (χ3n) is 2.81. The van der Waals surface area contributed by atoms with Gasteiger partial charge in [-0.1, -0.05) is 42.4 Å². The van der Waals surface area contributed by atoms with E-state index >= 15 is 0 Å². The van der Waals surface area contributed by atoms with Gasteiger partial charge in [0.15, 0.2) is 0 Å². The van der Waals surface area contributed by atoms with E-state index in [4.69, 9.17) is 0 Å². The first-order valence-corrected chi connectivity index (χ1v) is 7.24. The molecule has 2 aromatic rings. The summed E-state index contributed by atoms with van der Waals surface area (Å²) in [5.74, 6) is -0.189. The molecule has 1 nitrogen and oxygen atoms in total. The van der Waals surface area contributed by atoms with Gasteiger partial charge >= 0.3 is 0 Å². The van der Waals surface area contributed by atoms with Gasteiger partial charge in [-0.2, -0.15) is 0 Å². The van der Waals surface area contributed by atoms with Gasteiger partial charge in [0, 0.05) is 16.3 Å². The Kier molecular flexibility index (Phi) is 5.00. The molecule has 0 saturated heterocycles. The summed E-state index contributed by atoms with van der Waals surface area (Å²) in [6.07, 6.45) is 0. The molecule has 0 spiro atoms. The van der Waals surface area contributed by atoms with Crippen LogP contribution < -0.4 is 5.32 Å². The van der Waals surface area contributed by atoms with Crippen molar-refractivity contribution in [2.45, 2.75) is 30.2 Å². The van der Waals surface area contributed by atoms with Crippen molar-refractivity contribution in [1.29, 1.82) is 0 Å². The number of hydrogen-bond donors (Lipinski definition) is 1. The molecule has 0 aliphatic heterocycles. The molecule has 0 aliphatic carbocycles. The van der Waals surface area contributed by atoms with Crippen LogP contribution in [0.5, 0.6) is 0 Å². The fourth-order valence-electron chi connectivity index (χ4n) is 1.86. The Labute approximate surface area is 118 Å². The molecule has 0 fully saturated rings. The lowest BCUT2D eigenvalue weighted by molar-refractivity contribution is 0.624. The highest BCUT2D eigenvalue weighted by atomic mass is 32.2. The number of rotatable bonds is 5. The van der Waals surface area contributed by atoms with Crippen LogP contribution in [0.15, 0.2) is 52.3 Å². The molecule has 2 aromatic carbocycles. The number of nitrogens with one attached hydrogen (secondary N) is 1. The minimum Gasteiger partial charge on any atom is -0.313 e. The molecule has 0 atom stereocenters. The molecule has 100 valence electrons. The van der Waals surface area contributed by atoms with Crippen LogP contribution in [0.4, 0.5) is 4.39 Å². The second-order valence-electron chi connectivity index (χ2n) is 4.45. The van der Waals surface area contributed by atoms with Crippen LogP contribution in [-0.2, 0) is 6.54 Å². The van der Waals surface area contributed by atoms with E-state index in [1.807, 2.05) is 6.07 Å². The molecule has 19 heavy (non-hydrogen) atoms. The van der Waals surface area contributed by atoms with Gasteiger partial charge in [-0.3, -0.25) is 0 Å². The average molecular weight is 275 g/mol. The van der Waals surface area contributed by atoms with E-state index < -0.39 is 0 Å². The second-order valence-corrected chi connectivity index (χ2v) is 5.57. The number of halogens is 1. The summed E-state index contributed by atoms with van der Waals surface area (Å²) in [5, 5.41) is 3.34. The first-order valence-electron chi connectivity index (χ1n) is 6.42. The molecule has 0 bridgehead atoms. The molecule has 0 aromatic heterocycles. The van der Waals surface area contributed by atoms with Crippen molar-refractivity contribution < 1.29 is 4.39 Å². The van der Waals surface area contributed by atoms with Crippen molar-refractivity contribution in [3.63, 3.8) is 0 Å². The van der Waals surface area contributed by atoms with E-state index in [9.17, 15) is 4.39 Å². The summed E-state index contributed by atoms with van der Waals surface area (Å²) < 4.78 is 13.2. The summed E-state index contributed by atoms with van der Waals surface area (Å²) in [7, 11) is 0. The first kappa shape index (κ1) is 14.1. The Morgan fingerprint density at radius 3 is 2.74 bits per heavy atom. The highest BCUT2D eigenvalue weighted by molar-refractivity contribution is 7.99. The van der Waals surface area contributed by atoms with Crippen molar-refractivity contribution >= 4 is 11.8 Å². The zero-order chi connectivity index (χ0) is 13.7. The maximum absolute atomic E-state index is 13.2.